The number of carbonyl (C=O) groups is 1. The molecule has 3 rings (SSSR count). The van der Waals surface area contributed by atoms with Crippen molar-refractivity contribution in [1.29, 1.82) is 0 Å². The fourth-order valence-corrected chi connectivity index (χ4v) is 5.99. The van der Waals surface area contributed by atoms with Gasteiger partial charge in [-0.3, -0.25) is 0 Å². The number of imidazole rings is 1. The van der Waals surface area contributed by atoms with Crippen molar-refractivity contribution in [3.05, 3.63) is 60.7 Å². The van der Waals surface area contributed by atoms with Gasteiger partial charge in [0.15, 0.2) is 5.16 Å². The molecule has 42 heavy (non-hydrogen) atoms. The number of unbranched alkanes of at least 4 members (excludes halogenated alkanes) is 11. The van der Waals surface area contributed by atoms with Crippen LogP contribution in [0.1, 0.15) is 104 Å². The number of hydrogen-bond acceptors (Lipinski definition) is 4. The third kappa shape index (κ3) is 12.6. The first-order chi connectivity index (χ1) is 20.7. The van der Waals surface area contributed by atoms with Gasteiger partial charge in [-0.2, -0.15) is 0 Å². The quantitative estimate of drug-likeness (QED) is 0.0932. The predicted octanol–water partition coefficient (Wildman–Crippen LogP) is 10.8. The minimum absolute atomic E-state index is 0.120. The highest BCUT2D eigenvalue weighted by atomic mass is 32.2. The molecule has 0 aliphatic heterocycles. The summed E-state index contributed by atoms with van der Waals surface area (Å²) in [5.74, 6) is 0.996. The molecule has 0 aliphatic carbocycles. The number of aromatic nitrogens is 2. The highest BCUT2D eigenvalue weighted by Gasteiger charge is 2.16. The second-order valence-electron chi connectivity index (χ2n) is 11.2. The third-order valence-electron chi connectivity index (χ3n) is 7.62. The van der Waals surface area contributed by atoms with Crippen molar-refractivity contribution >= 4 is 17.9 Å². The summed E-state index contributed by atoms with van der Waals surface area (Å²) in [5, 5.41) is 0.958. The molecule has 0 spiro atoms. The summed E-state index contributed by atoms with van der Waals surface area (Å²) in [6, 6.07) is 20.8. The molecule has 1 aromatic heterocycles. The first-order valence-electron chi connectivity index (χ1n) is 16.5. The Hall–Kier alpha value is -2.73. The average molecular weight is 592 g/mol. The van der Waals surface area contributed by atoms with E-state index in [0.717, 1.165) is 85.0 Å². The van der Waals surface area contributed by atoms with Crippen molar-refractivity contribution in [2.24, 2.45) is 0 Å². The molecular weight excluding hydrogens is 538 g/mol. The number of benzene rings is 2. The number of nitrogens with one attached hydrogen (secondary N) is 1. The van der Waals surface area contributed by atoms with Gasteiger partial charge >= 0.3 is 6.09 Å². The highest BCUT2D eigenvalue weighted by Crippen LogP contribution is 2.32. The zero-order chi connectivity index (χ0) is 29.7. The van der Waals surface area contributed by atoms with E-state index in [-0.39, 0.29) is 6.09 Å². The molecule has 1 amide bonds. The number of rotatable bonds is 22. The standard InChI is InChI=1S/C36H53N3O2S/c1-3-5-7-9-11-21-29-41-36(40)39(27-19-10-8-6-4-2)28-20-14-22-30-42-35-37-33(31-23-15-12-16-24-31)34(38-35)32-25-17-13-18-26-32/h12-13,15-18,23-26H,3-11,14,19-22,27-30H2,1-2H3,(H,37,38). The molecule has 0 radical (unpaired) electrons. The number of carbonyl (C=O) groups excluding carboxylic acids is 1. The van der Waals surface area contributed by atoms with E-state index >= 15 is 0 Å². The number of ether oxygens (including phenoxy) is 1. The van der Waals surface area contributed by atoms with Crippen molar-refractivity contribution in [3.63, 3.8) is 0 Å². The van der Waals surface area contributed by atoms with Gasteiger partial charge in [-0.15, -0.1) is 0 Å². The van der Waals surface area contributed by atoms with Gasteiger partial charge in [-0.25, -0.2) is 9.78 Å². The Morgan fingerprint density at radius 2 is 1.26 bits per heavy atom. The molecule has 0 bridgehead atoms. The van der Waals surface area contributed by atoms with Crippen LogP contribution in [0.15, 0.2) is 65.8 Å². The van der Waals surface area contributed by atoms with E-state index in [1.807, 2.05) is 17.0 Å². The van der Waals surface area contributed by atoms with E-state index in [1.165, 1.54) is 51.4 Å². The Labute approximate surface area is 259 Å². The Bertz CT molecular complexity index is 1050. The number of H-pyrrole nitrogens is 1. The van der Waals surface area contributed by atoms with Gasteiger partial charge in [-0.05, 0) is 25.7 Å². The lowest BCUT2D eigenvalue weighted by atomic mass is 10.1. The Morgan fingerprint density at radius 1 is 0.714 bits per heavy atom. The van der Waals surface area contributed by atoms with Gasteiger partial charge in [0.25, 0.3) is 0 Å². The smallest absolute Gasteiger partial charge is 0.409 e. The fraction of sp³-hybridized carbons (Fsp3) is 0.556. The number of hydrogen-bond donors (Lipinski definition) is 1. The lowest BCUT2D eigenvalue weighted by Gasteiger charge is -2.22. The molecule has 0 aliphatic rings. The van der Waals surface area contributed by atoms with Crippen molar-refractivity contribution in [2.45, 2.75) is 109 Å². The van der Waals surface area contributed by atoms with E-state index < -0.39 is 0 Å². The molecule has 0 unspecified atom stereocenters. The van der Waals surface area contributed by atoms with Crippen LogP contribution >= 0.6 is 11.8 Å². The maximum Gasteiger partial charge on any atom is 0.409 e. The largest absolute Gasteiger partial charge is 0.449 e. The highest BCUT2D eigenvalue weighted by molar-refractivity contribution is 7.99. The zero-order valence-corrected chi connectivity index (χ0v) is 26.9. The summed E-state index contributed by atoms with van der Waals surface area (Å²) < 4.78 is 5.68. The number of nitrogens with zero attached hydrogens (tertiary/aromatic N) is 2. The third-order valence-corrected chi connectivity index (χ3v) is 8.58. The zero-order valence-electron chi connectivity index (χ0n) is 26.1. The van der Waals surface area contributed by atoms with E-state index in [9.17, 15) is 4.79 Å². The topological polar surface area (TPSA) is 58.2 Å². The molecule has 0 saturated heterocycles. The van der Waals surface area contributed by atoms with Gasteiger partial charge < -0.3 is 14.6 Å². The fourth-order valence-electron chi connectivity index (χ4n) is 5.12. The number of amides is 1. The molecule has 6 heteroatoms. The minimum atomic E-state index is -0.120. The van der Waals surface area contributed by atoms with Crippen LogP contribution in [0, 0.1) is 0 Å². The summed E-state index contributed by atoms with van der Waals surface area (Å²) >= 11 is 1.78. The van der Waals surface area contributed by atoms with Crippen molar-refractivity contribution in [2.75, 3.05) is 25.4 Å². The van der Waals surface area contributed by atoms with Crippen LogP contribution in [0.25, 0.3) is 22.5 Å². The van der Waals surface area contributed by atoms with Crippen LogP contribution in [0.5, 0.6) is 0 Å². The number of thioether (sulfide) groups is 1. The van der Waals surface area contributed by atoms with Crippen LogP contribution in [0.2, 0.25) is 0 Å². The van der Waals surface area contributed by atoms with E-state index in [2.05, 4.69) is 67.4 Å². The van der Waals surface area contributed by atoms with Gasteiger partial charge in [0.05, 0.1) is 18.0 Å². The van der Waals surface area contributed by atoms with Crippen molar-refractivity contribution in [1.82, 2.24) is 14.9 Å². The summed E-state index contributed by atoms with van der Waals surface area (Å²) in [6.07, 6.45) is 16.3. The minimum Gasteiger partial charge on any atom is -0.449 e. The molecule has 3 aromatic rings. The Kier molecular flexibility index (Phi) is 16.9. The van der Waals surface area contributed by atoms with Crippen LogP contribution in [0.3, 0.4) is 0 Å². The molecule has 0 saturated carbocycles. The van der Waals surface area contributed by atoms with Gasteiger partial charge in [0.2, 0.25) is 0 Å². The molecule has 1 heterocycles. The first-order valence-corrected chi connectivity index (χ1v) is 17.5. The average Bonchev–Trinajstić information content (AvgIpc) is 3.46. The van der Waals surface area contributed by atoms with E-state index in [0.29, 0.717) is 6.61 Å². The SMILES string of the molecule is CCCCCCCCOC(=O)N(CCCCCCC)CCCCCSc1nc(-c2ccccc2)c(-c2ccccc2)[nH]1. The van der Waals surface area contributed by atoms with Crippen LogP contribution in [0.4, 0.5) is 4.79 Å². The van der Waals surface area contributed by atoms with Gasteiger partial charge in [0, 0.05) is 30.0 Å². The molecule has 0 fully saturated rings. The molecule has 5 nitrogen and oxygen atoms in total. The van der Waals surface area contributed by atoms with Gasteiger partial charge in [-0.1, -0.05) is 150 Å². The maximum atomic E-state index is 12.9. The summed E-state index contributed by atoms with van der Waals surface area (Å²) in [6.45, 7) is 6.61. The normalized spacial score (nSPS) is 11.1. The van der Waals surface area contributed by atoms with Crippen LogP contribution in [-0.2, 0) is 4.74 Å². The summed E-state index contributed by atoms with van der Waals surface area (Å²) in [4.78, 5) is 23.4. The van der Waals surface area contributed by atoms with E-state index in [1.54, 1.807) is 11.8 Å². The Balaban J connectivity index is 1.43. The Morgan fingerprint density at radius 3 is 1.90 bits per heavy atom. The lowest BCUT2D eigenvalue weighted by molar-refractivity contribution is 0.0990. The van der Waals surface area contributed by atoms with Crippen molar-refractivity contribution < 1.29 is 9.53 Å². The molecule has 0 atom stereocenters. The molecule has 230 valence electrons. The molecular formula is C36H53N3O2S. The van der Waals surface area contributed by atoms with Crippen LogP contribution in [-0.4, -0.2) is 46.4 Å². The molecule has 1 N–H and O–H groups in total. The summed E-state index contributed by atoms with van der Waals surface area (Å²) in [7, 11) is 0. The van der Waals surface area contributed by atoms with E-state index in [4.69, 9.17) is 9.72 Å². The second-order valence-corrected chi connectivity index (χ2v) is 12.3. The van der Waals surface area contributed by atoms with Crippen molar-refractivity contribution in [3.8, 4) is 22.5 Å². The maximum absolute atomic E-state index is 12.9. The van der Waals surface area contributed by atoms with Gasteiger partial charge in [0.1, 0.15) is 0 Å². The number of aromatic amines is 1. The predicted molar refractivity (Wildman–Crippen MR) is 179 cm³/mol. The summed E-state index contributed by atoms with van der Waals surface area (Å²) in [5.41, 5.74) is 4.34. The first kappa shape index (κ1) is 33.8. The molecule has 2 aromatic carbocycles. The monoisotopic (exact) mass is 591 g/mol. The second kappa shape index (κ2) is 21.0. The lowest BCUT2D eigenvalue weighted by Crippen LogP contribution is -2.33. The van der Waals surface area contributed by atoms with Crippen LogP contribution < -0.4 is 0 Å².